The molecule has 0 aliphatic carbocycles. The van der Waals surface area contributed by atoms with E-state index in [9.17, 15) is 19.5 Å². The van der Waals surface area contributed by atoms with Crippen molar-refractivity contribution >= 4 is 29.5 Å². The van der Waals surface area contributed by atoms with Crippen LogP contribution in [0.25, 0.3) is 0 Å². The third-order valence-electron chi connectivity index (χ3n) is 5.48. The van der Waals surface area contributed by atoms with E-state index in [0.717, 1.165) is 0 Å². The fraction of sp³-hybridized carbons (Fsp3) is 0.222. The van der Waals surface area contributed by atoms with E-state index < -0.39 is 54.5 Å². The van der Waals surface area contributed by atoms with Crippen LogP contribution in [-0.2, 0) is 18.9 Å². The molecule has 5 atom stereocenters. The first-order valence-electron chi connectivity index (χ1n) is 11.2. The molecule has 0 aromatic heterocycles. The van der Waals surface area contributed by atoms with E-state index >= 15 is 0 Å². The first-order chi connectivity index (χ1) is 17.4. The van der Waals surface area contributed by atoms with Gasteiger partial charge in [0.2, 0.25) is 0 Å². The van der Waals surface area contributed by atoms with Crippen molar-refractivity contribution in [2.45, 2.75) is 30.0 Å². The van der Waals surface area contributed by atoms with Crippen molar-refractivity contribution < 1.29 is 38.4 Å². The first kappa shape index (κ1) is 25.4. The molecule has 36 heavy (non-hydrogen) atoms. The zero-order valence-electron chi connectivity index (χ0n) is 18.9. The van der Waals surface area contributed by atoms with Gasteiger partial charge >= 0.3 is 17.9 Å². The van der Waals surface area contributed by atoms with E-state index in [1.54, 1.807) is 91.0 Å². The molecule has 3 aromatic carbocycles. The quantitative estimate of drug-likeness (QED) is 0.278. The summed E-state index contributed by atoms with van der Waals surface area (Å²) in [5, 5.41) is 9.12. The Morgan fingerprint density at radius 1 is 0.778 bits per heavy atom. The Labute approximate surface area is 212 Å². The number of halogens is 1. The molecule has 4 rings (SSSR count). The highest BCUT2D eigenvalue weighted by Crippen LogP contribution is 2.31. The number of carbonyl (C=O) groups is 3. The first-order valence-corrected chi connectivity index (χ1v) is 11.6. The molecule has 1 aliphatic heterocycles. The van der Waals surface area contributed by atoms with E-state index in [-0.39, 0.29) is 11.1 Å². The van der Waals surface area contributed by atoms with Gasteiger partial charge in [-0.15, -0.1) is 11.6 Å². The van der Waals surface area contributed by atoms with Gasteiger partial charge in [0.05, 0.1) is 16.7 Å². The monoisotopic (exact) mass is 510 g/mol. The van der Waals surface area contributed by atoms with Gasteiger partial charge in [-0.05, 0) is 36.4 Å². The molecule has 1 N–H and O–H groups in total. The number of aliphatic hydroxyl groups excluding tert-OH is 1. The molecule has 0 amide bonds. The second-order valence-electron chi connectivity index (χ2n) is 7.95. The molecule has 1 saturated heterocycles. The summed E-state index contributed by atoms with van der Waals surface area (Å²) in [6.07, 6.45) is -5.20. The number of alkyl halides is 1. The van der Waals surface area contributed by atoms with Crippen molar-refractivity contribution in [3.63, 3.8) is 0 Å². The number of aliphatic hydroxyl groups is 1. The summed E-state index contributed by atoms with van der Waals surface area (Å²) in [5.41, 5.74) is 0.797. The maximum atomic E-state index is 12.8. The van der Waals surface area contributed by atoms with Crippen molar-refractivity contribution in [2.75, 3.05) is 6.61 Å². The lowest BCUT2D eigenvalue weighted by Gasteiger charge is -2.27. The molecule has 0 unspecified atom stereocenters. The van der Waals surface area contributed by atoms with Gasteiger partial charge < -0.3 is 24.1 Å². The number of benzene rings is 3. The minimum Gasteiger partial charge on any atom is -0.458 e. The summed E-state index contributed by atoms with van der Waals surface area (Å²) in [7, 11) is 0. The fourth-order valence-corrected chi connectivity index (χ4v) is 3.90. The Hall–Kier alpha value is -3.72. The van der Waals surface area contributed by atoms with Gasteiger partial charge in [0.1, 0.15) is 18.1 Å². The number of hydrogen-bond acceptors (Lipinski definition) is 8. The summed E-state index contributed by atoms with van der Waals surface area (Å²) in [6, 6.07) is 24.6. The van der Waals surface area contributed by atoms with Gasteiger partial charge in [-0.1, -0.05) is 54.6 Å². The molecule has 0 spiro atoms. The Morgan fingerprint density at radius 2 is 1.25 bits per heavy atom. The normalized spacial score (nSPS) is 21.8. The average molecular weight is 511 g/mol. The second-order valence-corrected chi connectivity index (χ2v) is 8.45. The Morgan fingerprint density at radius 3 is 1.78 bits per heavy atom. The third kappa shape index (κ3) is 6.09. The smallest absolute Gasteiger partial charge is 0.338 e. The highest BCUT2D eigenvalue weighted by atomic mass is 35.5. The van der Waals surface area contributed by atoms with Crippen LogP contribution in [0.4, 0.5) is 0 Å². The van der Waals surface area contributed by atoms with Gasteiger partial charge in [-0.2, -0.15) is 0 Å². The molecular formula is C27H23ClO8. The van der Waals surface area contributed by atoms with Gasteiger partial charge in [-0.25, -0.2) is 14.4 Å². The lowest BCUT2D eigenvalue weighted by Crippen LogP contribution is -2.45. The maximum absolute atomic E-state index is 12.8. The topological polar surface area (TPSA) is 108 Å². The molecule has 0 saturated carbocycles. The highest BCUT2D eigenvalue weighted by molar-refractivity contribution is 6.21. The number of carbonyl (C=O) groups excluding carboxylic acids is 3. The number of hydrogen-bond donors (Lipinski definition) is 1. The zero-order chi connectivity index (χ0) is 25.5. The van der Waals surface area contributed by atoms with Crippen molar-refractivity contribution in [1.82, 2.24) is 0 Å². The van der Waals surface area contributed by atoms with Crippen LogP contribution in [0.3, 0.4) is 0 Å². The fourth-order valence-electron chi connectivity index (χ4n) is 3.65. The van der Waals surface area contributed by atoms with Crippen LogP contribution >= 0.6 is 11.6 Å². The minimum absolute atomic E-state index is 0.246. The highest BCUT2D eigenvalue weighted by Gasteiger charge is 2.50. The van der Waals surface area contributed by atoms with E-state index in [1.165, 1.54) is 0 Å². The lowest BCUT2D eigenvalue weighted by molar-refractivity contribution is -0.140. The Kier molecular flexibility index (Phi) is 8.32. The maximum Gasteiger partial charge on any atom is 0.338 e. The lowest BCUT2D eigenvalue weighted by atomic mass is 10.1. The third-order valence-corrected chi connectivity index (χ3v) is 5.95. The minimum atomic E-state index is -1.52. The predicted molar refractivity (Wildman–Crippen MR) is 129 cm³/mol. The van der Waals surface area contributed by atoms with Crippen LogP contribution in [0, 0.1) is 0 Å². The van der Waals surface area contributed by atoms with Crippen LogP contribution in [0.5, 0.6) is 0 Å². The predicted octanol–water partition coefficient (Wildman–Crippen LogP) is 3.62. The van der Waals surface area contributed by atoms with Gasteiger partial charge in [0.15, 0.2) is 18.5 Å². The summed E-state index contributed by atoms with van der Waals surface area (Å²) >= 11 is 6.31. The molecule has 8 nitrogen and oxygen atoms in total. The van der Waals surface area contributed by atoms with Crippen molar-refractivity contribution in [1.29, 1.82) is 0 Å². The van der Waals surface area contributed by atoms with Crippen molar-refractivity contribution in [3.05, 3.63) is 108 Å². The molecule has 1 fully saturated rings. The van der Waals surface area contributed by atoms with Crippen molar-refractivity contribution in [2.24, 2.45) is 0 Å². The number of rotatable bonds is 8. The Balaban J connectivity index is 1.56. The summed E-state index contributed by atoms with van der Waals surface area (Å²) in [6.45, 7) is -0.438. The van der Waals surface area contributed by atoms with Crippen molar-refractivity contribution in [3.8, 4) is 0 Å². The molecule has 1 aliphatic rings. The molecule has 0 bridgehead atoms. The van der Waals surface area contributed by atoms with Gasteiger partial charge in [0, 0.05) is 0 Å². The zero-order valence-corrected chi connectivity index (χ0v) is 19.7. The number of ether oxygens (including phenoxy) is 4. The van der Waals surface area contributed by atoms with Gasteiger partial charge in [-0.3, -0.25) is 0 Å². The van der Waals surface area contributed by atoms with Crippen LogP contribution < -0.4 is 0 Å². The van der Waals surface area contributed by atoms with Crippen LogP contribution in [0.15, 0.2) is 91.0 Å². The molecular weight excluding hydrogens is 488 g/mol. The van der Waals surface area contributed by atoms with E-state index in [1.807, 2.05) is 0 Å². The SMILES string of the molecule is O=C(OC[C@@H](OC(=O)c1ccccc1)[C@H]1O[C@@H](O)[C@H](Cl)[C@H]1OC(=O)c1ccccc1)c1ccccc1. The van der Waals surface area contributed by atoms with Crippen LogP contribution in [0.2, 0.25) is 0 Å². The molecule has 1 heterocycles. The summed E-state index contributed by atoms with van der Waals surface area (Å²) < 4.78 is 22.1. The van der Waals surface area contributed by atoms with E-state index in [2.05, 4.69) is 0 Å². The Bertz CT molecular complexity index is 1170. The van der Waals surface area contributed by atoms with Gasteiger partial charge in [0.25, 0.3) is 0 Å². The largest absolute Gasteiger partial charge is 0.458 e. The molecule has 9 heteroatoms. The summed E-state index contributed by atoms with van der Waals surface area (Å²) in [5.74, 6) is -2.08. The average Bonchev–Trinajstić information content (AvgIpc) is 3.20. The standard InChI is InChI=1S/C27H23ClO8/c28-21-23(36-26(31)19-14-8-3-9-15-19)22(35-27(21)32)20(34-25(30)18-12-6-2-7-13-18)16-33-24(29)17-10-4-1-5-11-17/h1-15,20-23,27,32H,16H2/t20-,21-,22-,23-,27-/m1/s1. The van der Waals surface area contributed by atoms with Crippen LogP contribution in [0.1, 0.15) is 31.1 Å². The number of esters is 3. The molecule has 3 aromatic rings. The summed E-state index contributed by atoms with van der Waals surface area (Å²) in [4.78, 5) is 38.1. The van der Waals surface area contributed by atoms with Crippen LogP contribution in [-0.4, -0.2) is 59.6 Å². The van der Waals surface area contributed by atoms with E-state index in [0.29, 0.717) is 5.56 Å². The van der Waals surface area contributed by atoms with E-state index in [4.69, 9.17) is 30.5 Å². The second kappa shape index (κ2) is 11.8. The molecule has 186 valence electrons. The molecule has 0 radical (unpaired) electrons.